The number of aldehydes is 1. The van der Waals surface area contributed by atoms with Crippen molar-refractivity contribution in [1.29, 1.82) is 0 Å². The highest BCUT2D eigenvalue weighted by Crippen LogP contribution is 2.36. The second-order valence-corrected chi connectivity index (χ2v) is 12.3. The molecule has 0 fully saturated rings. The van der Waals surface area contributed by atoms with E-state index >= 15 is 0 Å². The molecule has 5 heteroatoms. The van der Waals surface area contributed by atoms with Gasteiger partial charge in [-0.3, -0.25) is 4.79 Å². The van der Waals surface area contributed by atoms with Crippen LogP contribution >= 0.6 is 22.6 Å². The molecule has 1 aromatic rings. The van der Waals surface area contributed by atoms with Crippen LogP contribution in [-0.4, -0.2) is 27.8 Å². The van der Waals surface area contributed by atoms with Crippen LogP contribution < -0.4 is 4.74 Å². The van der Waals surface area contributed by atoms with Crippen LogP contribution in [0.2, 0.25) is 18.1 Å². The average Bonchev–Trinajstić information content (AvgIpc) is 2.34. The highest BCUT2D eigenvalue weighted by atomic mass is 127. The van der Waals surface area contributed by atoms with Crippen molar-refractivity contribution in [3.8, 4) is 5.75 Å². The van der Waals surface area contributed by atoms with E-state index in [0.717, 1.165) is 9.86 Å². The fraction of sp³-hybridized carbons (Fsp3) is 0.533. The van der Waals surface area contributed by atoms with Gasteiger partial charge in [-0.05, 0) is 58.9 Å². The number of carbonyl (C=O) groups excluding carboxylic acids is 1. The van der Waals surface area contributed by atoms with E-state index in [4.69, 9.17) is 9.16 Å². The molecule has 0 bridgehead atoms. The van der Waals surface area contributed by atoms with Gasteiger partial charge in [-0.15, -0.1) is 0 Å². The van der Waals surface area contributed by atoms with E-state index < -0.39 is 8.32 Å². The summed E-state index contributed by atoms with van der Waals surface area (Å²) in [7, 11) is -1.72. The summed E-state index contributed by atoms with van der Waals surface area (Å²) >= 11 is 2.18. The van der Waals surface area contributed by atoms with Gasteiger partial charge in [0.05, 0.1) is 12.2 Å². The predicted molar refractivity (Wildman–Crippen MR) is 93.2 cm³/mol. The maximum atomic E-state index is 11.0. The molecule has 0 spiro atoms. The topological polar surface area (TPSA) is 35.5 Å². The van der Waals surface area contributed by atoms with E-state index in [1.54, 1.807) is 0 Å². The Kier molecular flexibility index (Phi) is 6.21. The zero-order chi connectivity index (χ0) is 15.4. The lowest BCUT2D eigenvalue weighted by Crippen LogP contribution is -2.41. The van der Waals surface area contributed by atoms with Crippen LogP contribution in [0.3, 0.4) is 0 Å². The van der Waals surface area contributed by atoms with Crippen LogP contribution in [0.25, 0.3) is 0 Å². The Bertz CT molecular complexity index is 467. The molecule has 1 rings (SSSR count). The molecular formula is C15H23IO3Si. The van der Waals surface area contributed by atoms with Crippen molar-refractivity contribution in [3.63, 3.8) is 0 Å². The van der Waals surface area contributed by atoms with Crippen LogP contribution in [0.4, 0.5) is 0 Å². The van der Waals surface area contributed by atoms with Gasteiger partial charge >= 0.3 is 0 Å². The van der Waals surface area contributed by atoms with E-state index in [9.17, 15) is 4.79 Å². The van der Waals surface area contributed by atoms with Crippen molar-refractivity contribution in [2.24, 2.45) is 0 Å². The fourth-order valence-electron chi connectivity index (χ4n) is 1.41. The second-order valence-electron chi connectivity index (χ2n) is 6.26. The number of rotatable bonds is 6. The van der Waals surface area contributed by atoms with Gasteiger partial charge in [0.15, 0.2) is 14.6 Å². The number of hydrogen-bond donors (Lipinski definition) is 0. The lowest BCUT2D eigenvalue weighted by atomic mass is 10.2. The van der Waals surface area contributed by atoms with Crippen molar-refractivity contribution < 1.29 is 14.0 Å². The second kappa shape index (κ2) is 7.04. The molecule has 0 amide bonds. The highest BCUT2D eigenvalue weighted by Gasteiger charge is 2.36. The van der Waals surface area contributed by atoms with Crippen molar-refractivity contribution >= 4 is 37.2 Å². The molecule has 20 heavy (non-hydrogen) atoms. The monoisotopic (exact) mass is 406 g/mol. The molecule has 0 N–H and O–H groups in total. The molecule has 0 atom stereocenters. The Morgan fingerprint density at radius 3 is 2.45 bits per heavy atom. The first-order valence-corrected chi connectivity index (χ1v) is 10.7. The Morgan fingerprint density at radius 2 is 1.90 bits per heavy atom. The zero-order valence-electron chi connectivity index (χ0n) is 12.8. The highest BCUT2D eigenvalue weighted by molar-refractivity contribution is 14.1. The largest absolute Gasteiger partial charge is 0.490 e. The number of hydrogen-bond acceptors (Lipinski definition) is 3. The summed E-state index contributed by atoms with van der Waals surface area (Å²) < 4.78 is 12.7. The molecular weight excluding hydrogens is 383 g/mol. The van der Waals surface area contributed by atoms with Crippen molar-refractivity contribution in [2.75, 3.05) is 13.2 Å². The predicted octanol–water partition coefficient (Wildman–Crippen LogP) is 4.50. The number of ether oxygens (including phenoxy) is 1. The molecule has 0 aliphatic rings. The van der Waals surface area contributed by atoms with Gasteiger partial charge in [-0.1, -0.05) is 20.8 Å². The molecule has 3 nitrogen and oxygen atoms in total. The van der Waals surface area contributed by atoms with E-state index in [2.05, 4.69) is 56.5 Å². The summed E-state index contributed by atoms with van der Waals surface area (Å²) in [6, 6.07) is 5.58. The summed E-state index contributed by atoms with van der Waals surface area (Å²) in [5, 5.41) is 0.198. The van der Waals surface area contributed by atoms with E-state index in [1.807, 2.05) is 18.2 Å². The Morgan fingerprint density at radius 1 is 1.25 bits per heavy atom. The first-order chi connectivity index (χ1) is 9.17. The average molecular weight is 406 g/mol. The van der Waals surface area contributed by atoms with Gasteiger partial charge in [0, 0.05) is 3.57 Å². The van der Waals surface area contributed by atoms with Gasteiger partial charge in [-0.25, -0.2) is 0 Å². The van der Waals surface area contributed by atoms with Gasteiger partial charge in [-0.2, -0.15) is 0 Å². The summed E-state index contributed by atoms with van der Waals surface area (Å²) in [6.45, 7) is 12.1. The molecule has 0 radical (unpaired) electrons. The minimum absolute atomic E-state index is 0.198. The van der Waals surface area contributed by atoms with Crippen LogP contribution in [0.1, 0.15) is 31.1 Å². The summed E-state index contributed by atoms with van der Waals surface area (Å²) in [5.74, 6) is 0.624. The third kappa shape index (κ3) is 4.86. The quantitative estimate of drug-likeness (QED) is 0.302. The van der Waals surface area contributed by atoms with Gasteiger partial charge in [0.1, 0.15) is 12.4 Å². The molecule has 0 saturated carbocycles. The standard InChI is InChI=1S/C15H23IO3Si/c1-15(2,3)20(4,5)19-9-8-18-14-7-6-13(16)10-12(14)11-17/h6-7,10-11H,8-9H2,1-5H3. The molecule has 0 unspecified atom stereocenters. The van der Waals surface area contributed by atoms with Crippen LogP contribution in [0, 0.1) is 3.57 Å². The minimum atomic E-state index is -1.72. The number of carbonyl (C=O) groups is 1. The maximum absolute atomic E-state index is 11.0. The molecule has 0 saturated heterocycles. The number of benzene rings is 1. The minimum Gasteiger partial charge on any atom is -0.490 e. The van der Waals surface area contributed by atoms with E-state index in [0.29, 0.717) is 24.5 Å². The van der Waals surface area contributed by atoms with Gasteiger partial charge < -0.3 is 9.16 Å². The van der Waals surface area contributed by atoms with Crippen LogP contribution in [0.5, 0.6) is 5.75 Å². The molecule has 0 aromatic heterocycles. The fourth-order valence-corrected chi connectivity index (χ4v) is 2.95. The lowest BCUT2D eigenvalue weighted by Gasteiger charge is -2.36. The van der Waals surface area contributed by atoms with Crippen molar-refractivity contribution in [2.45, 2.75) is 38.9 Å². The first kappa shape index (κ1) is 17.6. The molecule has 0 aliphatic carbocycles. The van der Waals surface area contributed by atoms with Crippen LogP contribution in [-0.2, 0) is 4.43 Å². The SMILES string of the molecule is CC(C)(C)[Si](C)(C)OCCOc1ccc(I)cc1C=O. The Labute approximate surface area is 136 Å². The third-order valence-electron chi connectivity index (χ3n) is 3.71. The Hall–Kier alpha value is -0.403. The van der Waals surface area contributed by atoms with E-state index in [-0.39, 0.29) is 5.04 Å². The van der Waals surface area contributed by atoms with Gasteiger partial charge in [0.2, 0.25) is 0 Å². The first-order valence-electron chi connectivity index (χ1n) is 6.69. The molecule has 0 heterocycles. The Balaban J connectivity index is 2.52. The van der Waals surface area contributed by atoms with Gasteiger partial charge in [0.25, 0.3) is 0 Å². The lowest BCUT2D eigenvalue weighted by molar-refractivity contribution is 0.111. The summed E-state index contributed by atoms with van der Waals surface area (Å²) in [4.78, 5) is 11.0. The van der Waals surface area contributed by atoms with E-state index in [1.165, 1.54) is 0 Å². The zero-order valence-corrected chi connectivity index (χ0v) is 16.0. The summed E-state index contributed by atoms with van der Waals surface area (Å²) in [6.07, 6.45) is 0.826. The number of halogens is 1. The molecule has 0 aliphatic heterocycles. The van der Waals surface area contributed by atoms with Crippen LogP contribution in [0.15, 0.2) is 18.2 Å². The smallest absolute Gasteiger partial charge is 0.192 e. The normalized spacial score (nSPS) is 12.3. The summed E-state index contributed by atoms with van der Waals surface area (Å²) in [5.41, 5.74) is 0.587. The van der Waals surface area contributed by atoms with Crippen molar-refractivity contribution in [1.82, 2.24) is 0 Å². The van der Waals surface area contributed by atoms with Crippen molar-refractivity contribution in [3.05, 3.63) is 27.3 Å². The maximum Gasteiger partial charge on any atom is 0.192 e. The third-order valence-corrected chi connectivity index (χ3v) is 8.92. The molecule has 1 aromatic carbocycles. The molecule has 112 valence electrons.